The normalized spacial score (nSPS) is 22.8. The van der Waals surface area contributed by atoms with E-state index in [4.69, 9.17) is 9.84 Å². The van der Waals surface area contributed by atoms with Gasteiger partial charge in [-0.1, -0.05) is 46.5 Å². The topological polar surface area (TPSA) is 63.6 Å². The van der Waals surface area contributed by atoms with Crippen molar-refractivity contribution >= 4 is 11.9 Å². The molecule has 0 radical (unpaired) electrons. The van der Waals surface area contributed by atoms with Gasteiger partial charge in [-0.3, -0.25) is 9.59 Å². The van der Waals surface area contributed by atoms with Crippen LogP contribution in [0.3, 0.4) is 0 Å². The van der Waals surface area contributed by atoms with Gasteiger partial charge in [0.05, 0.1) is 11.8 Å². The summed E-state index contributed by atoms with van der Waals surface area (Å²) in [7, 11) is 0. The maximum absolute atomic E-state index is 12.4. The molecule has 0 bridgehead atoms. The van der Waals surface area contributed by atoms with Gasteiger partial charge in [-0.15, -0.1) is 0 Å². The third-order valence-corrected chi connectivity index (χ3v) is 4.81. The Bertz CT molecular complexity index is 364. The van der Waals surface area contributed by atoms with Crippen LogP contribution in [-0.2, 0) is 14.3 Å². The number of unbranched alkanes of at least 4 members (excludes halogenated alkanes) is 1. The lowest BCUT2D eigenvalue weighted by Gasteiger charge is -2.27. The predicted octanol–water partition coefficient (Wildman–Crippen LogP) is 4.81. The van der Waals surface area contributed by atoms with E-state index in [0.717, 1.165) is 44.4 Å². The Morgan fingerprint density at radius 2 is 1.74 bits per heavy atom. The van der Waals surface area contributed by atoms with Crippen LogP contribution < -0.4 is 0 Å². The number of aliphatic carboxylic acids is 1. The molecule has 0 saturated heterocycles. The first-order valence-corrected chi connectivity index (χ1v) is 9.37. The Kier molecular flexibility index (Phi) is 9.27. The monoisotopic (exact) mass is 326 g/mol. The third kappa shape index (κ3) is 7.85. The van der Waals surface area contributed by atoms with E-state index in [1.54, 1.807) is 0 Å². The minimum Gasteiger partial charge on any atom is -0.481 e. The molecule has 1 saturated carbocycles. The average molecular weight is 326 g/mol. The predicted molar refractivity (Wildman–Crippen MR) is 91.2 cm³/mol. The van der Waals surface area contributed by atoms with Crippen LogP contribution in [0.15, 0.2) is 0 Å². The fourth-order valence-corrected chi connectivity index (χ4v) is 3.40. The van der Waals surface area contributed by atoms with E-state index in [9.17, 15) is 9.59 Å². The molecule has 134 valence electrons. The van der Waals surface area contributed by atoms with E-state index >= 15 is 0 Å². The zero-order valence-electron chi connectivity index (χ0n) is 15.1. The van der Waals surface area contributed by atoms with E-state index in [-0.39, 0.29) is 23.9 Å². The molecule has 1 aliphatic rings. The van der Waals surface area contributed by atoms with Gasteiger partial charge in [-0.2, -0.15) is 0 Å². The van der Waals surface area contributed by atoms with E-state index < -0.39 is 5.97 Å². The Morgan fingerprint density at radius 1 is 1.09 bits per heavy atom. The molecular weight excluding hydrogens is 292 g/mol. The minimum absolute atomic E-state index is 0.00451. The molecule has 1 fully saturated rings. The summed E-state index contributed by atoms with van der Waals surface area (Å²) >= 11 is 0. The molecule has 0 aromatic rings. The van der Waals surface area contributed by atoms with Gasteiger partial charge in [0.15, 0.2) is 0 Å². The van der Waals surface area contributed by atoms with Crippen molar-refractivity contribution in [2.45, 2.75) is 91.1 Å². The Balaban J connectivity index is 2.41. The Morgan fingerprint density at radius 3 is 2.35 bits per heavy atom. The zero-order chi connectivity index (χ0) is 17.2. The minimum atomic E-state index is -0.777. The number of carbonyl (C=O) groups is 2. The fraction of sp³-hybridized carbons (Fsp3) is 0.895. The molecular formula is C19H34O4. The second-order valence-electron chi connectivity index (χ2n) is 7.42. The molecule has 23 heavy (non-hydrogen) atoms. The molecule has 3 atom stereocenters. The smallest absolute Gasteiger partial charge is 0.309 e. The van der Waals surface area contributed by atoms with E-state index in [0.29, 0.717) is 12.8 Å². The van der Waals surface area contributed by atoms with Crippen molar-refractivity contribution in [1.82, 2.24) is 0 Å². The summed E-state index contributed by atoms with van der Waals surface area (Å²) in [6.07, 6.45) is 9.05. The maximum atomic E-state index is 12.4. The zero-order valence-corrected chi connectivity index (χ0v) is 15.1. The first-order valence-electron chi connectivity index (χ1n) is 9.37. The first kappa shape index (κ1) is 20.0. The van der Waals surface area contributed by atoms with Crippen molar-refractivity contribution in [3.05, 3.63) is 0 Å². The number of esters is 1. The summed E-state index contributed by atoms with van der Waals surface area (Å²) < 4.78 is 5.73. The van der Waals surface area contributed by atoms with Crippen molar-refractivity contribution in [1.29, 1.82) is 0 Å². The van der Waals surface area contributed by atoms with Crippen LogP contribution in [0.25, 0.3) is 0 Å². The molecule has 4 heteroatoms. The van der Waals surface area contributed by atoms with Gasteiger partial charge in [0.1, 0.15) is 6.10 Å². The molecule has 4 nitrogen and oxygen atoms in total. The van der Waals surface area contributed by atoms with Crippen LogP contribution in [0.1, 0.15) is 85.0 Å². The number of ether oxygens (including phenoxy) is 1. The highest BCUT2D eigenvalue weighted by Gasteiger charge is 2.32. The number of rotatable bonds is 10. The van der Waals surface area contributed by atoms with E-state index in [2.05, 4.69) is 20.8 Å². The second-order valence-corrected chi connectivity index (χ2v) is 7.42. The number of carbonyl (C=O) groups excluding carboxylic acids is 1. The largest absolute Gasteiger partial charge is 0.481 e. The van der Waals surface area contributed by atoms with Crippen molar-refractivity contribution in [3.8, 4) is 0 Å². The summed E-state index contributed by atoms with van der Waals surface area (Å²) in [6.45, 7) is 6.56. The molecule has 3 unspecified atom stereocenters. The molecule has 0 aromatic heterocycles. The molecule has 1 rings (SSSR count). The number of hydrogen-bond donors (Lipinski definition) is 1. The van der Waals surface area contributed by atoms with Crippen LogP contribution >= 0.6 is 0 Å². The van der Waals surface area contributed by atoms with Crippen LogP contribution in [0.2, 0.25) is 0 Å². The highest BCUT2D eigenvalue weighted by Crippen LogP contribution is 2.31. The van der Waals surface area contributed by atoms with Crippen molar-refractivity contribution in [3.63, 3.8) is 0 Å². The Hall–Kier alpha value is -1.06. The second kappa shape index (κ2) is 10.7. The highest BCUT2D eigenvalue weighted by molar-refractivity contribution is 5.75. The van der Waals surface area contributed by atoms with Gasteiger partial charge in [-0.05, 0) is 44.4 Å². The molecule has 0 aromatic carbocycles. The Labute approximate surface area is 141 Å². The number of carboxylic acid groups (broad SMARTS) is 1. The van der Waals surface area contributed by atoms with Crippen molar-refractivity contribution in [2.24, 2.45) is 17.8 Å². The molecule has 0 amide bonds. The van der Waals surface area contributed by atoms with Crippen molar-refractivity contribution in [2.75, 3.05) is 0 Å². The van der Waals surface area contributed by atoms with Gasteiger partial charge in [0, 0.05) is 0 Å². The third-order valence-electron chi connectivity index (χ3n) is 4.81. The number of hydrogen-bond acceptors (Lipinski definition) is 3. The standard InChI is InChI=1S/C19H34O4/c1-4-8-17(12-6-5-9-14(2)3)23-19(22)16-11-7-10-15(13-16)18(20)21/h14-17H,4-13H2,1-3H3,(H,20,21). The van der Waals surface area contributed by atoms with Gasteiger partial charge in [0.25, 0.3) is 0 Å². The lowest BCUT2D eigenvalue weighted by Crippen LogP contribution is -2.31. The highest BCUT2D eigenvalue weighted by atomic mass is 16.5. The lowest BCUT2D eigenvalue weighted by atomic mass is 9.81. The molecule has 0 spiro atoms. The summed E-state index contributed by atoms with van der Waals surface area (Å²) in [5.74, 6) is -0.825. The molecule has 0 heterocycles. The molecule has 0 aliphatic heterocycles. The van der Waals surface area contributed by atoms with Crippen LogP contribution in [0.5, 0.6) is 0 Å². The van der Waals surface area contributed by atoms with Gasteiger partial charge >= 0.3 is 11.9 Å². The number of carboxylic acids is 1. The van der Waals surface area contributed by atoms with Crippen LogP contribution in [0, 0.1) is 17.8 Å². The SMILES string of the molecule is CCCC(CCCCC(C)C)OC(=O)C1CCCC(C(=O)O)C1. The molecule has 1 N–H and O–H groups in total. The summed E-state index contributed by atoms with van der Waals surface area (Å²) in [4.78, 5) is 23.5. The summed E-state index contributed by atoms with van der Waals surface area (Å²) in [5, 5.41) is 9.14. The summed E-state index contributed by atoms with van der Waals surface area (Å²) in [6, 6.07) is 0. The fourth-order valence-electron chi connectivity index (χ4n) is 3.40. The van der Waals surface area contributed by atoms with Crippen molar-refractivity contribution < 1.29 is 19.4 Å². The van der Waals surface area contributed by atoms with Gasteiger partial charge in [0.2, 0.25) is 0 Å². The maximum Gasteiger partial charge on any atom is 0.309 e. The first-order chi connectivity index (χ1) is 10.9. The summed E-state index contributed by atoms with van der Waals surface area (Å²) in [5.41, 5.74) is 0. The lowest BCUT2D eigenvalue weighted by molar-refractivity contribution is -0.157. The van der Waals surface area contributed by atoms with Gasteiger partial charge in [-0.25, -0.2) is 0 Å². The van der Waals surface area contributed by atoms with Gasteiger partial charge < -0.3 is 9.84 Å². The van der Waals surface area contributed by atoms with Crippen LogP contribution in [-0.4, -0.2) is 23.1 Å². The average Bonchev–Trinajstić information content (AvgIpc) is 2.51. The van der Waals surface area contributed by atoms with E-state index in [1.807, 2.05) is 0 Å². The van der Waals surface area contributed by atoms with Crippen LogP contribution in [0.4, 0.5) is 0 Å². The van der Waals surface area contributed by atoms with E-state index in [1.165, 1.54) is 12.8 Å². The quantitative estimate of drug-likeness (QED) is 0.462. The molecule has 1 aliphatic carbocycles.